The van der Waals surface area contributed by atoms with Crippen molar-refractivity contribution in [2.24, 2.45) is 0 Å². The Bertz CT molecular complexity index is 717. The first-order valence-corrected chi connectivity index (χ1v) is 8.59. The molecule has 0 saturated carbocycles. The second-order valence-electron chi connectivity index (χ2n) is 6.69. The molecular formula is C19H21N3O3. The monoisotopic (exact) mass is 339 g/mol. The Morgan fingerprint density at radius 3 is 2.84 bits per heavy atom. The first-order chi connectivity index (χ1) is 12.2. The van der Waals surface area contributed by atoms with Gasteiger partial charge in [0.2, 0.25) is 0 Å². The van der Waals surface area contributed by atoms with Crippen LogP contribution in [0.2, 0.25) is 0 Å². The largest absolute Gasteiger partial charge is 0.373 e. The quantitative estimate of drug-likeness (QED) is 0.853. The first-order valence-electron chi connectivity index (χ1n) is 8.59. The summed E-state index contributed by atoms with van der Waals surface area (Å²) in [6.45, 7) is 2.47. The third kappa shape index (κ3) is 3.55. The lowest BCUT2D eigenvalue weighted by Crippen LogP contribution is -2.67. The second kappa shape index (κ2) is 6.90. The maximum Gasteiger partial charge on any atom is 0.272 e. The second-order valence-corrected chi connectivity index (χ2v) is 6.69. The van der Waals surface area contributed by atoms with Crippen molar-refractivity contribution in [2.45, 2.75) is 31.2 Å². The molecule has 4 rings (SSSR count). The number of carbonyl (C=O) groups is 1. The van der Waals surface area contributed by atoms with Crippen LogP contribution in [-0.4, -0.2) is 52.2 Å². The van der Waals surface area contributed by atoms with E-state index in [1.807, 2.05) is 24.3 Å². The highest BCUT2D eigenvalue weighted by atomic mass is 16.5. The van der Waals surface area contributed by atoms with E-state index in [0.29, 0.717) is 32.0 Å². The van der Waals surface area contributed by atoms with Crippen LogP contribution < -0.4 is 0 Å². The van der Waals surface area contributed by atoms with Gasteiger partial charge in [-0.15, -0.1) is 0 Å². The van der Waals surface area contributed by atoms with Gasteiger partial charge in [0.25, 0.3) is 5.91 Å². The number of hydrogen-bond donors (Lipinski definition) is 0. The number of aromatic nitrogens is 2. The Hall–Kier alpha value is -2.31. The number of nitrogens with zero attached hydrogens (tertiary/aromatic N) is 3. The summed E-state index contributed by atoms with van der Waals surface area (Å²) in [5.74, 6) is -0.0327. The highest BCUT2D eigenvalue weighted by molar-refractivity contribution is 5.93. The molecule has 2 aromatic heterocycles. The molecular weight excluding hydrogens is 318 g/mol. The molecule has 130 valence electrons. The zero-order valence-corrected chi connectivity index (χ0v) is 14.0. The molecule has 0 aromatic carbocycles. The van der Waals surface area contributed by atoms with E-state index < -0.39 is 0 Å². The van der Waals surface area contributed by atoms with Gasteiger partial charge in [0.05, 0.1) is 25.8 Å². The summed E-state index contributed by atoms with van der Waals surface area (Å²) in [5.41, 5.74) is 1.35. The molecule has 1 spiro atoms. The van der Waals surface area contributed by atoms with Crippen molar-refractivity contribution in [1.29, 1.82) is 0 Å². The van der Waals surface area contributed by atoms with E-state index in [1.165, 1.54) is 0 Å². The van der Waals surface area contributed by atoms with E-state index in [0.717, 1.165) is 18.4 Å². The lowest BCUT2D eigenvalue weighted by atomic mass is 9.84. The highest BCUT2D eigenvalue weighted by Gasteiger charge is 2.49. The summed E-state index contributed by atoms with van der Waals surface area (Å²) in [7, 11) is 0. The number of rotatable bonds is 4. The van der Waals surface area contributed by atoms with Gasteiger partial charge < -0.3 is 14.4 Å². The number of likely N-dealkylation sites (tertiary alicyclic amines) is 1. The number of hydrogen-bond acceptors (Lipinski definition) is 5. The van der Waals surface area contributed by atoms with Gasteiger partial charge in [0.15, 0.2) is 0 Å². The fraction of sp³-hybridized carbons (Fsp3) is 0.421. The summed E-state index contributed by atoms with van der Waals surface area (Å²) < 4.78 is 12.1. The van der Waals surface area contributed by atoms with E-state index in [9.17, 15) is 4.79 Å². The van der Waals surface area contributed by atoms with Gasteiger partial charge >= 0.3 is 0 Å². The van der Waals surface area contributed by atoms with Crippen LogP contribution in [0.25, 0.3) is 0 Å². The molecule has 2 saturated heterocycles. The van der Waals surface area contributed by atoms with Crippen molar-refractivity contribution in [3.05, 3.63) is 60.2 Å². The topological polar surface area (TPSA) is 64.6 Å². The maximum atomic E-state index is 12.4. The summed E-state index contributed by atoms with van der Waals surface area (Å²) in [4.78, 5) is 22.4. The van der Waals surface area contributed by atoms with Gasteiger partial charge in [-0.3, -0.25) is 14.8 Å². The standard InChI is InChI=1S/C19H21N3O3/c23-18(17-3-1-2-7-21-17)22-13-19(14-22)11-16(6-10-25-19)24-12-15-4-8-20-9-5-15/h1-5,7-9,16H,6,10-14H2/t16-/m0/s1. The molecule has 0 unspecified atom stereocenters. The van der Waals surface area contributed by atoms with Crippen LogP contribution >= 0.6 is 0 Å². The molecule has 6 nitrogen and oxygen atoms in total. The molecule has 0 aliphatic carbocycles. The maximum absolute atomic E-state index is 12.4. The molecule has 0 N–H and O–H groups in total. The van der Waals surface area contributed by atoms with Crippen LogP contribution in [-0.2, 0) is 16.1 Å². The predicted molar refractivity (Wildman–Crippen MR) is 90.9 cm³/mol. The van der Waals surface area contributed by atoms with Crippen LogP contribution in [0.5, 0.6) is 0 Å². The third-order valence-corrected chi connectivity index (χ3v) is 4.81. The van der Waals surface area contributed by atoms with E-state index in [4.69, 9.17) is 9.47 Å². The minimum Gasteiger partial charge on any atom is -0.373 e. The molecule has 2 aliphatic heterocycles. The SMILES string of the molecule is O=C(c1ccccn1)N1CC2(C[C@@H](OCc3ccncc3)CCO2)C1. The van der Waals surface area contributed by atoms with Crippen molar-refractivity contribution in [2.75, 3.05) is 19.7 Å². The molecule has 2 aromatic rings. The molecule has 4 heterocycles. The first kappa shape index (κ1) is 16.2. The van der Waals surface area contributed by atoms with Crippen molar-refractivity contribution in [3.8, 4) is 0 Å². The predicted octanol–water partition coefficient (Wildman–Crippen LogP) is 2.07. The zero-order valence-electron chi connectivity index (χ0n) is 14.0. The number of carbonyl (C=O) groups excluding carboxylic acids is 1. The van der Waals surface area contributed by atoms with Gasteiger partial charge in [-0.1, -0.05) is 6.07 Å². The van der Waals surface area contributed by atoms with Gasteiger partial charge in [-0.25, -0.2) is 0 Å². The summed E-state index contributed by atoms with van der Waals surface area (Å²) in [6, 6.07) is 9.31. The zero-order chi connectivity index (χ0) is 17.1. The molecule has 6 heteroatoms. The van der Waals surface area contributed by atoms with E-state index in [1.54, 1.807) is 29.6 Å². The number of pyridine rings is 2. The Morgan fingerprint density at radius 1 is 1.24 bits per heavy atom. The number of amides is 1. The van der Waals surface area contributed by atoms with Gasteiger partial charge in [0.1, 0.15) is 11.3 Å². The highest BCUT2D eigenvalue weighted by Crippen LogP contribution is 2.36. The summed E-state index contributed by atoms with van der Waals surface area (Å²) in [5, 5.41) is 0. The molecule has 1 atom stereocenters. The van der Waals surface area contributed by atoms with Gasteiger partial charge in [-0.2, -0.15) is 0 Å². The molecule has 0 bridgehead atoms. The van der Waals surface area contributed by atoms with Gasteiger partial charge in [-0.05, 0) is 36.2 Å². The normalized spacial score (nSPS) is 21.8. The fourth-order valence-corrected chi connectivity index (χ4v) is 3.48. The van der Waals surface area contributed by atoms with Crippen LogP contribution in [0, 0.1) is 0 Å². The van der Waals surface area contributed by atoms with Gasteiger partial charge in [0, 0.05) is 31.6 Å². The van der Waals surface area contributed by atoms with Crippen molar-refractivity contribution in [1.82, 2.24) is 14.9 Å². The Kier molecular flexibility index (Phi) is 4.46. The van der Waals surface area contributed by atoms with Crippen molar-refractivity contribution >= 4 is 5.91 Å². The Morgan fingerprint density at radius 2 is 2.08 bits per heavy atom. The fourth-order valence-electron chi connectivity index (χ4n) is 3.48. The summed E-state index contributed by atoms with van der Waals surface area (Å²) in [6.07, 6.45) is 7.07. The number of ether oxygens (including phenoxy) is 2. The average molecular weight is 339 g/mol. The molecule has 2 fully saturated rings. The van der Waals surface area contributed by atoms with E-state index >= 15 is 0 Å². The third-order valence-electron chi connectivity index (χ3n) is 4.81. The summed E-state index contributed by atoms with van der Waals surface area (Å²) >= 11 is 0. The van der Waals surface area contributed by atoms with Crippen LogP contribution in [0.3, 0.4) is 0 Å². The average Bonchev–Trinajstić information content (AvgIpc) is 2.65. The smallest absolute Gasteiger partial charge is 0.272 e. The molecule has 0 radical (unpaired) electrons. The van der Waals surface area contributed by atoms with Crippen molar-refractivity contribution < 1.29 is 14.3 Å². The van der Waals surface area contributed by atoms with Crippen LogP contribution in [0.1, 0.15) is 28.9 Å². The van der Waals surface area contributed by atoms with E-state index in [-0.39, 0.29) is 17.6 Å². The Balaban J connectivity index is 1.31. The molecule has 2 aliphatic rings. The van der Waals surface area contributed by atoms with E-state index in [2.05, 4.69) is 9.97 Å². The molecule has 1 amide bonds. The lowest BCUT2D eigenvalue weighted by Gasteiger charge is -2.52. The minimum absolute atomic E-state index is 0.0327. The molecule has 25 heavy (non-hydrogen) atoms. The minimum atomic E-state index is -0.258. The lowest BCUT2D eigenvalue weighted by molar-refractivity contribution is -0.188. The van der Waals surface area contributed by atoms with Crippen LogP contribution in [0.4, 0.5) is 0 Å². The van der Waals surface area contributed by atoms with Crippen molar-refractivity contribution in [3.63, 3.8) is 0 Å². The van der Waals surface area contributed by atoms with Crippen LogP contribution in [0.15, 0.2) is 48.9 Å². The Labute approximate surface area is 146 Å².